The van der Waals surface area contributed by atoms with Gasteiger partial charge in [0.05, 0.1) is 23.6 Å². The molecule has 1 unspecified atom stereocenters. The summed E-state index contributed by atoms with van der Waals surface area (Å²) in [6, 6.07) is 12.4. The standard InChI is InChI=1S/C34H44N10O2/c1-23-20-28-30(32(41(3)39-28)25-8-5-4-6-9-25)31-27(23)21-36-34(38-31)37-29-11-13-44(40-29)19-16-42-14-17-43(18-15-42)24(2)33(45)46-22-26-10-7-12-35-26/h4-6,8-9,11,13,21,23-24,26,35H,7,10,12,14-20,22H2,1-3H3,(H,36,37,38,40)/t23-,24?,26+/m1/s1. The molecule has 3 aromatic heterocycles. The molecular formula is C34H44N10O2. The molecule has 0 radical (unpaired) electrons. The van der Waals surface area contributed by atoms with Crippen molar-refractivity contribution in [3.63, 3.8) is 0 Å². The number of ether oxygens (including phenoxy) is 1. The Morgan fingerprint density at radius 1 is 1.11 bits per heavy atom. The molecule has 2 N–H and O–H groups in total. The van der Waals surface area contributed by atoms with Crippen LogP contribution in [0.2, 0.25) is 0 Å². The summed E-state index contributed by atoms with van der Waals surface area (Å²) in [6.45, 7) is 10.9. The Morgan fingerprint density at radius 3 is 2.72 bits per heavy atom. The SMILES string of the molecule is CC(C(=O)OC[C@@H]1CCCN1)N1CCN(CCn2ccc(Nc3ncc4c(n3)-c3c(nn(C)c3-c3ccccc3)C[C@H]4C)n2)CC1. The van der Waals surface area contributed by atoms with Crippen LogP contribution in [0.25, 0.3) is 22.5 Å². The Bertz CT molecular complexity index is 1650. The summed E-state index contributed by atoms with van der Waals surface area (Å²) in [7, 11) is 2.00. The summed E-state index contributed by atoms with van der Waals surface area (Å²) < 4.78 is 9.54. The summed E-state index contributed by atoms with van der Waals surface area (Å²) in [5.41, 5.74) is 6.43. The van der Waals surface area contributed by atoms with Crippen LogP contribution >= 0.6 is 0 Å². The molecule has 3 aliphatic rings. The highest BCUT2D eigenvalue weighted by molar-refractivity contribution is 5.84. The number of hydrogen-bond acceptors (Lipinski definition) is 10. The minimum atomic E-state index is -0.216. The molecule has 2 fully saturated rings. The Balaban J connectivity index is 0.945. The Labute approximate surface area is 270 Å². The van der Waals surface area contributed by atoms with E-state index in [1.54, 1.807) is 0 Å². The largest absolute Gasteiger partial charge is 0.463 e. The number of aryl methyl sites for hydroxylation is 1. The number of nitrogens with one attached hydrogen (secondary N) is 2. The third-order valence-electron chi connectivity index (χ3n) is 9.66. The van der Waals surface area contributed by atoms with Gasteiger partial charge in [0.25, 0.3) is 0 Å². The normalized spacial score (nSPS) is 20.7. The molecule has 0 bridgehead atoms. The van der Waals surface area contributed by atoms with E-state index in [2.05, 4.69) is 56.6 Å². The van der Waals surface area contributed by atoms with Crippen LogP contribution in [0.4, 0.5) is 11.8 Å². The van der Waals surface area contributed by atoms with Gasteiger partial charge in [0, 0.05) is 81.0 Å². The van der Waals surface area contributed by atoms with Crippen molar-refractivity contribution in [1.29, 1.82) is 0 Å². The molecule has 12 heteroatoms. The number of carbonyl (C=O) groups is 1. The van der Waals surface area contributed by atoms with Gasteiger partial charge in [-0.3, -0.25) is 24.0 Å². The van der Waals surface area contributed by atoms with Crippen molar-refractivity contribution in [2.75, 3.05) is 51.2 Å². The fraction of sp³-hybridized carbons (Fsp3) is 0.500. The van der Waals surface area contributed by atoms with Crippen LogP contribution in [0.1, 0.15) is 43.9 Å². The van der Waals surface area contributed by atoms with E-state index in [0.717, 1.165) is 98.8 Å². The lowest BCUT2D eigenvalue weighted by Gasteiger charge is -2.37. The fourth-order valence-corrected chi connectivity index (χ4v) is 6.95. The van der Waals surface area contributed by atoms with Crippen molar-refractivity contribution in [3.05, 3.63) is 60.0 Å². The Hall–Kier alpha value is -4.13. The van der Waals surface area contributed by atoms with Crippen molar-refractivity contribution >= 4 is 17.7 Å². The van der Waals surface area contributed by atoms with Crippen LogP contribution in [-0.2, 0) is 29.5 Å². The summed E-state index contributed by atoms with van der Waals surface area (Å²) in [4.78, 5) is 26.9. The van der Waals surface area contributed by atoms with E-state index in [1.165, 1.54) is 0 Å². The van der Waals surface area contributed by atoms with Crippen molar-refractivity contribution in [2.45, 2.75) is 57.7 Å². The average molecular weight is 625 g/mol. The molecule has 0 saturated carbocycles. The number of piperazine rings is 1. The van der Waals surface area contributed by atoms with Crippen molar-refractivity contribution in [3.8, 4) is 22.5 Å². The van der Waals surface area contributed by atoms with Crippen LogP contribution < -0.4 is 10.6 Å². The first-order chi connectivity index (χ1) is 22.4. The first-order valence-corrected chi connectivity index (χ1v) is 16.6. The van der Waals surface area contributed by atoms with Gasteiger partial charge in [-0.15, -0.1) is 0 Å². The second kappa shape index (κ2) is 13.3. The van der Waals surface area contributed by atoms with Gasteiger partial charge in [-0.1, -0.05) is 37.3 Å². The molecule has 4 aromatic rings. The zero-order valence-corrected chi connectivity index (χ0v) is 27.0. The summed E-state index contributed by atoms with van der Waals surface area (Å²) in [5.74, 6) is 1.40. The predicted octanol–water partition coefficient (Wildman–Crippen LogP) is 3.45. The number of carbonyl (C=O) groups excluding carboxylic acids is 1. The van der Waals surface area contributed by atoms with Gasteiger partial charge in [-0.25, -0.2) is 9.97 Å². The number of hydrogen-bond donors (Lipinski definition) is 2. The number of fused-ring (bicyclic) bond motifs is 3. The lowest BCUT2D eigenvalue weighted by Crippen LogP contribution is -2.52. The fourth-order valence-electron chi connectivity index (χ4n) is 6.95. The molecule has 0 amide bonds. The Morgan fingerprint density at radius 2 is 1.93 bits per heavy atom. The number of rotatable bonds is 10. The molecule has 1 aliphatic carbocycles. The minimum Gasteiger partial charge on any atom is -0.463 e. The molecule has 2 aliphatic heterocycles. The smallest absolute Gasteiger partial charge is 0.323 e. The number of aromatic nitrogens is 6. The van der Waals surface area contributed by atoms with E-state index in [-0.39, 0.29) is 17.9 Å². The van der Waals surface area contributed by atoms with Gasteiger partial charge >= 0.3 is 5.97 Å². The van der Waals surface area contributed by atoms with Gasteiger partial charge < -0.3 is 15.4 Å². The Kier molecular flexibility index (Phi) is 8.83. The molecule has 5 heterocycles. The van der Waals surface area contributed by atoms with Gasteiger partial charge in [0.1, 0.15) is 12.6 Å². The van der Waals surface area contributed by atoms with E-state index in [4.69, 9.17) is 19.9 Å². The quantitative estimate of drug-likeness (QED) is 0.254. The second-order valence-electron chi connectivity index (χ2n) is 12.8. The van der Waals surface area contributed by atoms with Crippen LogP contribution in [0.15, 0.2) is 48.8 Å². The predicted molar refractivity (Wildman–Crippen MR) is 177 cm³/mol. The average Bonchev–Trinajstić information content (AvgIpc) is 3.83. The lowest BCUT2D eigenvalue weighted by atomic mass is 9.85. The third-order valence-corrected chi connectivity index (χ3v) is 9.66. The van der Waals surface area contributed by atoms with Gasteiger partial charge in [0.2, 0.25) is 5.95 Å². The molecule has 3 atom stereocenters. The van der Waals surface area contributed by atoms with Crippen LogP contribution in [-0.4, -0.2) is 103 Å². The maximum Gasteiger partial charge on any atom is 0.323 e. The first kappa shape index (κ1) is 30.5. The minimum absolute atomic E-state index is 0.117. The zero-order chi connectivity index (χ0) is 31.6. The van der Waals surface area contributed by atoms with Crippen LogP contribution in [0.5, 0.6) is 0 Å². The van der Waals surface area contributed by atoms with Gasteiger partial charge in [0.15, 0.2) is 5.82 Å². The molecule has 7 rings (SSSR count). The van der Waals surface area contributed by atoms with Crippen LogP contribution in [0.3, 0.4) is 0 Å². The molecule has 1 aromatic carbocycles. The van der Waals surface area contributed by atoms with E-state index in [1.807, 2.05) is 47.9 Å². The lowest BCUT2D eigenvalue weighted by molar-refractivity contribution is -0.150. The molecule has 46 heavy (non-hydrogen) atoms. The van der Waals surface area contributed by atoms with E-state index in [0.29, 0.717) is 24.4 Å². The van der Waals surface area contributed by atoms with Crippen molar-refractivity contribution in [2.24, 2.45) is 7.05 Å². The maximum atomic E-state index is 12.6. The molecule has 2 saturated heterocycles. The van der Waals surface area contributed by atoms with E-state index < -0.39 is 0 Å². The summed E-state index contributed by atoms with van der Waals surface area (Å²) in [6.07, 6.45) is 7.04. The van der Waals surface area contributed by atoms with Crippen molar-refractivity contribution in [1.82, 2.24) is 44.6 Å². The highest BCUT2D eigenvalue weighted by Crippen LogP contribution is 2.43. The van der Waals surface area contributed by atoms with E-state index in [9.17, 15) is 4.79 Å². The molecule has 12 nitrogen and oxygen atoms in total. The number of nitrogens with zero attached hydrogens (tertiary/aromatic N) is 8. The van der Waals surface area contributed by atoms with Crippen molar-refractivity contribution < 1.29 is 9.53 Å². The van der Waals surface area contributed by atoms with E-state index >= 15 is 0 Å². The highest BCUT2D eigenvalue weighted by Gasteiger charge is 2.31. The first-order valence-electron chi connectivity index (χ1n) is 16.6. The van der Waals surface area contributed by atoms with Crippen LogP contribution in [0, 0.1) is 0 Å². The summed E-state index contributed by atoms with van der Waals surface area (Å²) in [5, 5.41) is 16.4. The number of esters is 1. The van der Waals surface area contributed by atoms with Gasteiger partial charge in [-0.2, -0.15) is 10.2 Å². The number of anilines is 2. The monoisotopic (exact) mass is 624 g/mol. The topological polar surface area (TPSA) is 118 Å². The highest BCUT2D eigenvalue weighted by atomic mass is 16.5. The maximum absolute atomic E-state index is 12.6. The van der Waals surface area contributed by atoms with Gasteiger partial charge in [-0.05, 0) is 38.6 Å². The molecule has 0 spiro atoms. The third kappa shape index (κ3) is 6.42. The second-order valence-corrected chi connectivity index (χ2v) is 12.8. The molecule has 242 valence electrons. The number of benzene rings is 1. The summed E-state index contributed by atoms with van der Waals surface area (Å²) >= 11 is 0. The zero-order valence-electron chi connectivity index (χ0n) is 27.0. The molecular weight excluding hydrogens is 580 g/mol.